The number of benzene rings is 2. The van der Waals surface area contributed by atoms with Crippen molar-refractivity contribution in [1.82, 2.24) is 0 Å². The standard InChI is InChI=1S/C27H33BrO6/c1-2-33-27(32)23-11-9-10-21(19-23)26(31)22-12-14-24(20(18-22)13-15-25(29)30)34-17-8-6-4-3-5-7-16-28/h9-12,14,18-19H,2-8,13,15-17H2,1H3,(H,29,30). The van der Waals surface area contributed by atoms with E-state index in [4.69, 9.17) is 14.6 Å². The SMILES string of the molecule is CCOC(=O)c1cccc(C(=O)c2ccc(OCCCCCCCCBr)c(CCC(=O)O)c2)c1. The highest BCUT2D eigenvalue weighted by Crippen LogP contribution is 2.24. The van der Waals surface area contributed by atoms with Gasteiger partial charge in [-0.25, -0.2) is 4.79 Å². The Bertz CT molecular complexity index is 956. The maximum atomic E-state index is 13.1. The van der Waals surface area contributed by atoms with Crippen LogP contribution in [0.15, 0.2) is 42.5 Å². The van der Waals surface area contributed by atoms with Gasteiger partial charge in [-0.3, -0.25) is 9.59 Å². The Morgan fingerprint density at radius 3 is 2.26 bits per heavy atom. The molecule has 0 bridgehead atoms. The number of hydrogen-bond donors (Lipinski definition) is 1. The number of unbranched alkanes of at least 4 members (excludes halogenated alkanes) is 5. The first-order valence-electron chi connectivity index (χ1n) is 11.8. The highest BCUT2D eigenvalue weighted by molar-refractivity contribution is 9.09. The number of aryl methyl sites for hydroxylation is 1. The van der Waals surface area contributed by atoms with Gasteiger partial charge < -0.3 is 14.6 Å². The van der Waals surface area contributed by atoms with Crippen LogP contribution in [0.25, 0.3) is 0 Å². The summed E-state index contributed by atoms with van der Waals surface area (Å²) in [6.07, 6.45) is 7.02. The zero-order valence-corrected chi connectivity index (χ0v) is 21.3. The fourth-order valence-electron chi connectivity index (χ4n) is 3.55. The van der Waals surface area contributed by atoms with E-state index in [0.29, 0.717) is 34.6 Å². The predicted molar refractivity (Wildman–Crippen MR) is 135 cm³/mol. The lowest BCUT2D eigenvalue weighted by molar-refractivity contribution is -0.136. The highest BCUT2D eigenvalue weighted by atomic mass is 79.9. The Hall–Kier alpha value is -2.67. The fraction of sp³-hybridized carbons (Fsp3) is 0.444. The summed E-state index contributed by atoms with van der Waals surface area (Å²) in [6, 6.07) is 11.5. The minimum Gasteiger partial charge on any atom is -0.493 e. The zero-order chi connectivity index (χ0) is 24.8. The summed E-state index contributed by atoms with van der Waals surface area (Å²) >= 11 is 3.44. The summed E-state index contributed by atoms with van der Waals surface area (Å²) in [6.45, 7) is 2.52. The lowest BCUT2D eigenvalue weighted by Gasteiger charge is -2.13. The summed E-state index contributed by atoms with van der Waals surface area (Å²) in [5, 5.41) is 10.2. The molecule has 2 aromatic carbocycles. The van der Waals surface area contributed by atoms with Crippen LogP contribution in [0, 0.1) is 0 Å². The van der Waals surface area contributed by atoms with Gasteiger partial charge in [0.05, 0.1) is 18.8 Å². The molecule has 0 aliphatic rings. The van der Waals surface area contributed by atoms with Crippen LogP contribution in [0.3, 0.4) is 0 Å². The third-order valence-corrected chi connectivity index (χ3v) is 5.91. The molecule has 0 aliphatic carbocycles. The minimum atomic E-state index is -0.909. The smallest absolute Gasteiger partial charge is 0.338 e. The van der Waals surface area contributed by atoms with Crippen LogP contribution in [0.4, 0.5) is 0 Å². The number of carbonyl (C=O) groups is 3. The summed E-state index contributed by atoms with van der Waals surface area (Å²) in [4.78, 5) is 36.2. The van der Waals surface area contributed by atoms with Gasteiger partial charge in [-0.05, 0) is 62.1 Å². The number of esters is 1. The molecule has 1 N–H and O–H groups in total. The Balaban J connectivity index is 2.08. The molecule has 6 nitrogen and oxygen atoms in total. The van der Waals surface area contributed by atoms with Gasteiger partial charge in [0.15, 0.2) is 5.78 Å². The predicted octanol–water partition coefficient (Wildman–Crippen LogP) is 6.23. The fourth-order valence-corrected chi connectivity index (χ4v) is 3.95. The first-order chi connectivity index (χ1) is 16.5. The summed E-state index contributed by atoms with van der Waals surface area (Å²) < 4.78 is 11.0. The van der Waals surface area contributed by atoms with Gasteiger partial charge in [-0.2, -0.15) is 0 Å². The van der Waals surface area contributed by atoms with Gasteiger partial charge in [0, 0.05) is 22.9 Å². The number of ketones is 1. The Labute approximate surface area is 209 Å². The summed E-state index contributed by atoms with van der Waals surface area (Å²) in [5.74, 6) is -1.03. The first kappa shape index (κ1) is 27.6. The molecule has 2 rings (SSSR count). The Kier molecular flexibility index (Phi) is 12.4. The first-order valence-corrected chi connectivity index (χ1v) is 12.9. The van der Waals surface area contributed by atoms with Crippen LogP contribution in [-0.2, 0) is 16.0 Å². The molecule has 0 saturated heterocycles. The number of carbonyl (C=O) groups excluding carboxylic acids is 2. The second-order valence-electron chi connectivity index (χ2n) is 8.01. The van der Waals surface area contributed by atoms with Crippen LogP contribution in [-0.4, -0.2) is 41.4 Å². The van der Waals surface area contributed by atoms with Gasteiger partial charge in [0.25, 0.3) is 0 Å². The molecule has 0 unspecified atom stereocenters. The van der Waals surface area contributed by atoms with Crippen LogP contribution >= 0.6 is 15.9 Å². The van der Waals surface area contributed by atoms with Crippen LogP contribution in [0.2, 0.25) is 0 Å². The molecule has 0 atom stereocenters. The molecule has 184 valence electrons. The molecule has 0 heterocycles. The quantitative estimate of drug-likeness (QED) is 0.119. The average Bonchev–Trinajstić information content (AvgIpc) is 2.84. The van der Waals surface area contributed by atoms with Gasteiger partial charge in [-0.15, -0.1) is 0 Å². The van der Waals surface area contributed by atoms with E-state index >= 15 is 0 Å². The van der Waals surface area contributed by atoms with Crippen molar-refractivity contribution < 1.29 is 29.0 Å². The molecule has 0 spiro atoms. The molecule has 0 radical (unpaired) electrons. The minimum absolute atomic E-state index is 0.0556. The van der Waals surface area contributed by atoms with Gasteiger partial charge in [0.2, 0.25) is 0 Å². The average molecular weight is 533 g/mol. The molecular formula is C27H33BrO6. The molecule has 0 amide bonds. The van der Waals surface area contributed by atoms with Crippen molar-refractivity contribution in [3.8, 4) is 5.75 Å². The second kappa shape index (κ2) is 15.3. The number of alkyl halides is 1. The highest BCUT2D eigenvalue weighted by Gasteiger charge is 2.16. The number of carboxylic acid groups (broad SMARTS) is 1. The number of aliphatic carboxylic acids is 1. The van der Waals surface area contributed by atoms with E-state index in [1.165, 1.54) is 31.7 Å². The lowest BCUT2D eigenvalue weighted by atomic mass is 9.98. The Morgan fingerprint density at radius 1 is 0.882 bits per heavy atom. The molecule has 34 heavy (non-hydrogen) atoms. The van der Waals surface area contributed by atoms with Crippen LogP contribution in [0.5, 0.6) is 5.75 Å². The maximum absolute atomic E-state index is 13.1. The van der Waals surface area contributed by atoms with Crippen molar-refractivity contribution in [3.63, 3.8) is 0 Å². The molecular weight excluding hydrogens is 500 g/mol. The number of carboxylic acids is 1. The van der Waals surface area contributed by atoms with E-state index in [2.05, 4.69) is 15.9 Å². The van der Waals surface area contributed by atoms with Gasteiger partial charge in [-0.1, -0.05) is 53.7 Å². The van der Waals surface area contributed by atoms with E-state index in [1.807, 2.05) is 0 Å². The number of hydrogen-bond acceptors (Lipinski definition) is 5. The van der Waals surface area contributed by atoms with E-state index in [9.17, 15) is 14.4 Å². The third kappa shape index (κ3) is 9.29. The van der Waals surface area contributed by atoms with E-state index in [0.717, 1.165) is 18.2 Å². The van der Waals surface area contributed by atoms with Gasteiger partial charge >= 0.3 is 11.9 Å². The molecule has 2 aromatic rings. The Morgan fingerprint density at radius 2 is 1.56 bits per heavy atom. The van der Waals surface area contributed by atoms with Crippen molar-refractivity contribution in [2.24, 2.45) is 0 Å². The van der Waals surface area contributed by atoms with Crippen molar-refractivity contribution in [3.05, 3.63) is 64.7 Å². The van der Waals surface area contributed by atoms with Crippen LogP contribution in [0.1, 0.15) is 83.7 Å². The third-order valence-electron chi connectivity index (χ3n) is 5.35. The molecule has 0 aromatic heterocycles. The van der Waals surface area contributed by atoms with Crippen molar-refractivity contribution in [2.75, 3.05) is 18.5 Å². The summed E-state index contributed by atoms with van der Waals surface area (Å²) in [7, 11) is 0. The summed E-state index contributed by atoms with van der Waals surface area (Å²) in [5.41, 5.74) is 1.78. The number of ether oxygens (including phenoxy) is 2. The van der Waals surface area contributed by atoms with Crippen LogP contribution < -0.4 is 4.74 Å². The number of halogens is 1. The molecule has 7 heteroatoms. The van der Waals surface area contributed by atoms with Crippen molar-refractivity contribution >= 4 is 33.7 Å². The van der Waals surface area contributed by atoms with E-state index in [-0.39, 0.29) is 25.2 Å². The number of rotatable bonds is 16. The van der Waals surface area contributed by atoms with Crippen molar-refractivity contribution in [1.29, 1.82) is 0 Å². The monoisotopic (exact) mass is 532 g/mol. The largest absolute Gasteiger partial charge is 0.493 e. The second-order valence-corrected chi connectivity index (χ2v) is 8.80. The zero-order valence-electron chi connectivity index (χ0n) is 19.7. The molecule has 0 fully saturated rings. The van der Waals surface area contributed by atoms with E-state index < -0.39 is 11.9 Å². The topological polar surface area (TPSA) is 89.9 Å². The maximum Gasteiger partial charge on any atom is 0.338 e. The van der Waals surface area contributed by atoms with Crippen molar-refractivity contribution in [2.45, 2.75) is 58.3 Å². The van der Waals surface area contributed by atoms with Gasteiger partial charge in [0.1, 0.15) is 5.75 Å². The normalized spacial score (nSPS) is 10.6. The molecule has 0 aliphatic heterocycles. The molecule has 0 saturated carbocycles. The lowest BCUT2D eigenvalue weighted by Crippen LogP contribution is -2.09. The van der Waals surface area contributed by atoms with E-state index in [1.54, 1.807) is 43.3 Å².